The fourth-order valence-corrected chi connectivity index (χ4v) is 4.42. The molecule has 1 aliphatic carbocycles. The number of hydrogen-bond donors (Lipinski definition) is 0. The lowest BCUT2D eigenvalue weighted by molar-refractivity contribution is -0.136. The van der Waals surface area contributed by atoms with E-state index in [1.54, 1.807) is 12.0 Å². The molecule has 0 bridgehead atoms. The third-order valence-electron chi connectivity index (χ3n) is 6.42. The summed E-state index contributed by atoms with van der Waals surface area (Å²) in [6.45, 7) is 3.13. The first kappa shape index (κ1) is 19.8. The standard InChI is InChI=1S/C23H27N5O3/c1-31-19-4-2-3-18(14-19)28-15-17(13-22(28)29)23(30)27-11-9-26(10-12-27)21-8-7-20(24-25-21)16-5-6-16/h2-4,7-8,14,16-17H,5-6,9-13,15H2,1H3/t17-/m0/s1. The van der Waals surface area contributed by atoms with Crippen molar-refractivity contribution in [1.82, 2.24) is 15.1 Å². The second-order valence-electron chi connectivity index (χ2n) is 8.51. The minimum Gasteiger partial charge on any atom is -0.497 e. The lowest BCUT2D eigenvalue weighted by Crippen LogP contribution is -2.51. The normalized spacial score (nSPS) is 21.5. The van der Waals surface area contributed by atoms with Crippen LogP contribution in [0.25, 0.3) is 0 Å². The molecule has 5 rings (SSSR count). The summed E-state index contributed by atoms with van der Waals surface area (Å²) in [6, 6.07) is 11.5. The highest BCUT2D eigenvalue weighted by Crippen LogP contribution is 2.38. The second kappa shape index (κ2) is 8.17. The summed E-state index contributed by atoms with van der Waals surface area (Å²) in [5.41, 5.74) is 1.86. The van der Waals surface area contributed by atoms with Gasteiger partial charge in [-0.2, -0.15) is 5.10 Å². The quantitative estimate of drug-likeness (QED) is 0.735. The average Bonchev–Trinajstić information content (AvgIpc) is 3.60. The summed E-state index contributed by atoms with van der Waals surface area (Å²) < 4.78 is 5.26. The Kier molecular flexibility index (Phi) is 5.21. The van der Waals surface area contributed by atoms with Gasteiger partial charge in [0.2, 0.25) is 11.8 Å². The molecule has 3 fully saturated rings. The van der Waals surface area contributed by atoms with Crippen LogP contribution in [0.4, 0.5) is 11.5 Å². The van der Waals surface area contributed by atoms with Crippen molar-refractivity contribution in [2.75, 3.05) is 49.6 Å². The zero-order valence-corrected chi connectivity index (χ0v) is 17.7. The van der Waals surface area contributed by atoms with Gasteiger partial charge in [0.1, 0.15) is 5.75 Å². The summed E-state index contributed by atoms with van der Waals surface area (Å²) in [4.78, 5) is 31.4. The Balaban J connectivity index is 1.18. The van der Waals surface area contributed by atoms with Crippen LogP contribution in [-0.2, 0) is 9.59 Å². The van der Waals surface area contributed by atoms with Gasteiger partial charge in [0.25, 0.3) is 0 Å². The molecular formula is C23H27N5O3. The molecule has 2 saturated heterocycles. The Morgan fingerprint density at radius 3 is 2.55 bits per heavy atom. The van der Waals surface area contributed by atoms with Gasteiger partial charge < -0.3 is 19.4 Å². The molecule has 2 aromatic rings. The van der Waals surface area contributed by atoms with Crippen LogP contribution in [0, 0.1) is 5.92 Å². The summed E-state index contributed by atoms with van der Waals surface area (Å²) in [5.74, 6) is 1.91. The molecule has 3 heterocycles. The third-order valence-corrected chi connectivity index (χ3v) is 6.42. The van der Waals surface area contributed by atoms with Crippen molar-refractivity contribution >= 4 is 23.3 Å². The SMILES string of the molecule is COc1cccc(N2C[C@@H](C(=O)N3CCN(c4ccc(C5CC5)nn4)CC3)CC2=O)c1. The van der Waals surface area contributed by atoms with Gasteiger partial charge in [0, 0.05) is 56.8 Å². The molecule has 162 valence electrons. The Morgan fingerprint density at radius 2 is 1.87 bits per heavy atom. The highest BCUT2D eigenvalue weighted by molar-refractivity contribution is 6.00. The number of nitrogens with zero attached hydrogens (tertiary/aromatic N) is 5. The molecule has 0 N–H and O–H groups in total. The fraction of sp³-hybridized carbons (Fsp3) is 0.478. The predicted octanol–water partition coefficient (Wildman–Crippen LogP) is 2.06. The minimum absolute atomic E-state index is 0.0173. The maximum absolute atomic E-state index is 13.1. The second-order valence-corrected chi connectivity index (χ2v) is 8.51. The van der Waals surface area contributed by atoms with Gasteiger partial charge in [-0.1, -0.05) is 6.07 Å². The molecule has 0 spiro atoms. The number of rotatable bonds is 5. The van der Waals surface area contributed by atoms with E-state index in [-0.39, 0.29) is 24.2 Å². The Bertz CT molecular complexity index is 967. The fourth-order valence-electron chi connectivity index (χ4n) is 4.42. The number of methoxy groups -OCH3 is 1. The molecule has 8 heteroatoms. The molecule has 8 nitrogen and oxygen atoms in total. The number of benzene rings is 1. The molecule has 0 radical (unpaired) electrons. The number of piperazine rings is 1. The number of ether oxygens (including phenoxy) is 1. The zero-order chi connectivity index (χ0) is 21.4. The van der Waals surface area contributed by atoms with Crippen molar-refractivity contribution in [3.8, 4) is 5.75 Å². The van der Waals surface area contributed by atoms with Gasteiger partial charge >= 0.3 is 0 Å². The van der Waals surface area contributed by atoms with Crippen molar-refractivity contribution in [3.05, 3.63) is 42.1 Å². The minimum atomic E-state index is -0.303. The van der Waals surface area contributed by atoms with Crippen molar-refractivity contribution in [2.45, 2.75) is 25.2 Å². The highest BCUT2D eigenvalue weighted by Gasteiger charge is 2.38. The van der Waals surface area contributed by atoms with Crippen LogP contribution in [-0.4, -0.2) is 66.7 Å². The number of carbonyl (C=O) groups is 2. The number of amides is 2. The monoisotopic (exact) mass is 421 g/mol. The molecule has 31 heavy (non-hydrogen) atoms. The highest BCUT2D eigenvalue weighted by atomic mass is 16.5. The molecule has 1 atom stereocenters. The Labute approximate surface area is 181 Å². The van der Waals surface area contributed by atoms with Crippen LogP contribution in [0.15, 0.2) is 36.4 Å². The first-order chi connectivity index (χ1) is 15.1. The van der Waals surface area contributed by atoms with E-state index in [1.807, 2.05) is 35.2 Å². The average molecular weight is 422 g/mol. The number of carbonyl (C=O) groups excluding carboxylic acids is 2. The van der Waals surface area contributed by atoms with Crippen molar-refractivity contribution in [1.29, 1.82) is 0 Å². The largest absolute Gasteiger partial charge is 0.497 e. The molecule has 0 unspecified atom stereocenters. The Morgan fingerprint density at radius 1 is 1.06 bits per heavy atom. The van der Waals surface area contributed by atoms with Gasteiger partial charge in [-0.05, 0) is 37.1 Å². The van der Waals surface area contributed by atoms with E-state index in [1.165, 1.54) is 12.8 Å². The lowest BCUT2D eigenvalue weighted by Gasteiger charge is -2.36. The van der Waals surface area contributed by atoms with Gasteiger partial charge in [-0.3, -0.25) is 9.59 Å². The van der Waals surface area contributed by atoms with E-state index in [2.05, 4.69) is 21.2 Å². The summed E-state index contributed by atoms with van der Waals surface area (Å²) >= 11 is 0. The predicted molar refractivity (Wildman–Crippen MR) is 116 cm³/mol. The Hall–Kier alpha value is -3.16. The molecule has 2 aliphatic heterocycles. The van der Waals surface area contributed by atoms with Crippen LogP contribution < -0.4 is 14.5 Å². The van der Waals surface area contributed by atoms with Crippen molar-refractivity contribution in [3.63, 3.8) is 0 Å². The molecule has 2 amide bonds. The molecule has 1 aromatic heterocycles. The zero-order valence-electron chi connectivity index (χ0n) is 17.7. The van der Waals surface area contributed by atoms with Gasteiger partial charge in [0.15, 0.2) is 5.82 Å². The van der Waals surface area contributed by atoms with Crippen LogP contribution in [0.3, 0.4) is 0 Å². The molecule has 1 aromatic carbocycles. The third kappa shape index (κ3) is 4.06. The van der Waals surface area contributed by atoms with Gasteiger partial charge in [-0.15, -0.1) is 5.10 Å². The summed E-state index contributed by atoms with van der Waals surface area (Å²) in [5, 5.41) is 8.76. The van der Waals surface area contributed by atoms with Crippen molar-refractivity contribution < 1.29 is 14.3 Å². The number of hydrogen-bond acceptors (Lipinski definition) is 6. The summed E-state index contributed by atoms with van der Waals surface area (Å²) in [7, 11) is 1.60. The molecule has 3 aliphatic rings. The van der Waals surface area contributed by atoms with Crippen LogP contribution in [0.1, 0.15) is 30.9 Å². The molecule has 1 saturated carbocycles. The van der Waals surface area contributed by atoms with Crippen LogP contribution >= 0.6 is 0 Å². The maximum Gasteiger partial charge on any atom is 0.228 e. The van der Waals surface area contributed by atoms with Gasteiger partial charge in [-0.25, -0.2) is 0 Å². The molecular weight excluding hydrogens is 394 g/mol. The van der Waals surface area contributed by atoms with E-state index in [0.717, 1.165) is 30.3 Å². The van der Waals surface area contributed by atoms with E-state index in [0.29, 0.717) is 31.3 Å². The first-order valence-electron chi connectivity index (χ1n) is 10.9. The van der Waals surface area contributed by atoms with E-state index in [4.69, 9.17) is 4.74 Å². The number of anilines is 2. The van der Waals surface area contributed by atoms with E-state index >= 15 is 0 Å². The van der Waals surface area contributed by atoms with Crippen LogP contribution in [0.2, 0.25) is 0 Å². The number of aromatic nitrogens is 2. The maximum atomic E-state index is 13.1. The summed E-state index contributed by atoms with van der Waals surface area (Å²) in [6.07, 6.45) is 2.69. The lowest BCUT2D eigenvalue weighted by atomic mass is 10.1. The van der Waals surface area contributed by atoms with E-state index in [9.17, 15) is 9.59 Å². The van der Waals surface area contributed by atoms with Crippen LogP contribution in [0.5, 0.6) is 5.75 Å². The topological polar surface area (TPSA) is 78.9 Å². The van der Waals surface area contributed by atoms with E-state index < -0.39 is 0 Å². The van der Waals surface area contributed by atoms with Gasteiger partial charge in [0.05, 0.1) is 18.7 Å². The smallest absolute Gasteiger partial charge is 0.228 e. The first-order valence-corrected chi connectivity index (χ1v) is 10.9. The van der Waals surface area contributed by atoms with Crippen molar-refractivity contribution in [2.24, 2.45) is 5.92 Å².